The van der Waals surface area contributed by atoms with Crippen molar-refractivity contribution < 1.29 is 4.74 Å². The molecule has 2 heterocycles. The number of halogens is 1. The first-order valence-corrected chi connectivity index (χ1v) is 6.78. The van der Waals surface area contributed by atoms with Gasteiger partial charge in [-0.25, -0.2) is 4.98 Å². The van der Waals surface area contributed by atoms with Gasteiger partial charge in [-0.15, -0.1) is 0 Å². The summed E-state index contributed by atoms with van der Waals surface area (Å²) in [5, 5.41) is 9.69. The summed E-state index contributed by atoms with van der Waals surface area (Å²) in [6.07, 6.45) is 2.12. The van der Waals surface area contributed by atoms with E-state index in [1.54, 1.807) is 19.2 Å². The Labute approximate surface area is 127 Å². The van der Waals surface area contributed by atoms with Crippen molar-refractivity contribution in [1.29, 1.82) is 5.26 Å². The van der Waals surface area contributed by atoms with Crippen molar-refractivity contribution in [3.05, 3.63) is 53.3 Å². The van der Waals surface area contributed by atoms with Crippen molar-refractivity contribution in [3.8, 4) is 23.1 Å². The van der Waals surface area contributed by atoms with Crippen LogP contribution in [-0.2, 0) is 6.42 Å². The fourth-order valence-corrected chi connectivity index (χ4v) is 2.45. The zero-order valence-electron chi connectivity index (χ0n) is 11.4. The van der Waals surface area contributed by atoms with Crippen LogP contribution in [0.3, 0.4) is 0 Å². The Morgan fingerprint density at radius 1 is 1.29 bits per heavy atom. The third kappa shape index (κ3) is 2.44. The number of nitrogens with zero attached hydrogens (tertiary/aromatic N) is 3. The van der Waals surface area contributed by atoms with Crippen LogP contribution in [0, 0.1) is 11.3 Å². The fourth-order valence-electron chi connectivity index (χ4n) is 2.29. The lowest BCUT2D eigenvalue weighted by molar-refractivity contribution is 0.415. The average molecular weight is 298 g/mol. The molecule has 0 saturated heterocycles. The summed E-state index contributed by atoms with van der Waals surface area (Å²) >= 11 is 6.01. The van der Waals surface area contributed by atoms with Crippen molar-refractivity contribution in [2.45, 2.75) is 6.42 Å². The van der Waals surface area contributed by atoms with E-state index in [9.17, 15) is 0 Å². The van der Waals surface area contributed by atoms with E-state index in [4.69, 9.17) is 21.6 Å². The molecule has 21 heavy (non-hydrogen) atoms. The first-order chi connectivity index (χ1) is 10.2. The van der Waals surface area contributed by atoms with Gasteiger partial charge in [0.25, 0.3) is 0 Å². The molecule has 0 unspecified atom stereocenters. The minimum atomic E-state index is 0.282. The van der Waals surface area contributed by atoms with Crippen LogP contribution in [0.4, 0.5) is 0 Å². The zero-order valence-corrected chi connectivity index (χ0v) is 12.1. The predicted molar refractivity (Wildman–Crippen MR) is 81.5 cm³/mol. The second kappa shape index (κ2) is 5.47. The van der Waals surface area contributed by atoms with E-state index in [-0.39, 0.29) is 6.42 Å². The lowest BCUT2D eigenvalue weighted by atomic mass is 10.1. The topological polar surface area (TPSA) is 50.3 Å². The molecule has 0 fully saturated rings. The van der Waals surface area contributed by atoms with Crippen LogP contribution in [0.25, 0.3) is 16.9 Å². The average Bonchev–Trinajstić information content (AvgIpc) is 2.85. The molecule has 0 N–H and O–H groups in total. The summed E-state index contributed by atoms with van der Waals surface area (Å²) in [4.78, 5) is 4.60. The first kappa shape index (κ1) is 13.5. The number of hydrogen-bond acceptors (Lipinski definition) is 3. The number of aromatic nitrogens is 2. The maximum Gasteiger partial charge on any atom is 0.139 e. The highest BCUT2D eigenvalue weighted by molar-refractivity contribution is 6.30. The van der Waals surface area contributed by atoms with Gasteiger partial charge in [-0.2, -0.15) is 5.26 Å². The molecule has 0 aliphatic carbocycles. The third-order valence-electron chi connectivity index (χ3n) is 3.30. The van der Waals surface area contributed by atoms with Gasteiger partial charge >= 0.3 is 0 Å². The summed E-state index contributed by atoms with van der Waals surface area (Å²) in [5.74, 6) is 0.785. The molecular formula is C16H12ClN3O. The minimum Gasteiger partial charge on any atom is -0.497 e. The quantitative estimate of drug-likeness (QED) is 0.740. The Morgan fingerprint density at radius 3 is 2.71 bits per heavy atom. The molecule has 4 nitrogen and oxygen atoms in total. The molecule has 0 aliphatic heterocycles. The minimum absolute atomic E-state index is 0.282. The van der Waals surface area contributed by atoms with Gasteiger partial charge in [-0.3, -0.25) is 0 Å². The zero-order chi connectivity index (χ0) is 14.8. The maximum absolute atomic E-state index is 9.07. The summed E-state index contributed by atoms with van der Waals surface area (Å²) in [6.45, 7) is 0. The molecule has 1 aromatic carbocycles. The lowest BCUT2D eigenvalue weighted by Gasteiger charge is -2.03. The van der Waals surface area contributed by atoms with Gasteiger partial charge < -0.3 is 9.14 Å². The van der Waals surface area contributed by atoms with Crippen LogP contribution >= 0.6 is 11.6 Å². The number of rotatable bonds is 3. The molecule has 0 aliphatic rings. The van der Waals surface area contributed by atoms with E-state index < -0.39 is 0 Å². The molecule has 0 saturated carbocycles. The van der Waals surface area contributed by atoms with Gasteiger partial charge in [-0.05, 0) is 30.3 Å². The van der Waals surface area contributed by atoms with E-state index in [1.165, 1.54) is 0 Å². The Morgan fingerprint density at radius 2 is 2.05 bits per heavy atom. The first-order valence-electron chi connectivity index (χ1n) is 6.41. The lowest BCUT2D eigenvalue weighted by Crippen LogP contribution is -1.93. The van der Waals surface area contributed by atoms with E-state index in [1.807, 2.05) is 34.9 Å². The standard InChI is InChI=1S/C16H12ClN3O/c1-21-13-4-2-11(3-5-13)16-14(6-8-18)20-9-7-12(17)10-15(20)19-16/h2-5,7,9-10H,6H2,1H3. The third-order valence-corrected chi connectivity index (χ3v) is 3.53. The van der Waals surface area contributed by atoms with Gasteiger partial charge in [0.1, 0.15) is 11.4 Å². The largest absolute Gasteiger partial charge is 0.497 e. The maximum atomic E-state index is 9.07. The number of imidazole rings is 1. The summed E-state index contributed by atoms with van der Waals surface area (Å²) < 4.78 is 7.06. The van der Waals surface area contributed by atoms with E-state index >= 15 is 0 Å². The second-order valence-electron chi connectivity index (χ2n) is 4.54. The van der Waals surface area contributed by atoms with Crippen LogP contribution < -0.4 is 4.74 Å². The summed E-state index contributed by atoms with van der Waals surface area (Å²) in [5.41, 5.74) is 3.33. The Kier molecular flexibility index (Phi) is 3.51. The highest BCUT2D eigenvalue weighted by Gasteiger charge is 2.14. The molecule has 104 valence electrons. The molecule has 0 spiro atoms. The smallest absolute Gasteiger partial charge is 0.139 e. The van der Waals surface area contributed by atoms with Crippen LogP contribution in [0.2, 0.25) is 5.02 Å². The molecule has 0 bridgehead atoms. The summed E-state index contributed by atoms with van der Waals surface area (Å²) in [7, 11) is 1.63. The number of pyridine rings is 1. The van der Waals surface area contributed by atoms with Crippen molar-refractivity contribution >= 4 is 17.2 Å². The number of methoxy groups -OCH3 is 1. The van der Waals surface area contributed by atoms with Crippen LogP contribution in [0.1, 0.15) is 5.69 Å². The van der Waals surface area contributed by atoms with Crippen LogP contribution in [0.5, 0.6) is 5.75 Å². The van der Waals surface area contributed by atoms with Gasteiger partial charge in [-0.1, -0.05) is 11.6 Å². The molecule has 0 atom stereocenters. The van der Waals surface area contributed by atoms with Gasteiger partial charge in [0.2, 0.25) is 0 Å². The number of benzene rings is 1. The monoisotopic (exact) mass is 297 g/mol. The Bertz CT molecular complexity index is 831. The Hall–Kier alpha value is -2.51. The molecular weight excluding hydrogens is 286 g/mol. The van der Waals surface area contributed by atoms with Gasteiger partial charge in [0.05, 0.1) is 31.0 Å². The van der Waals surface area contributed by atoms with Crippen molar-refractivity contribution in [3.63, 3.8) is 0 Å². The summed E-state index contributed by atoms with van der Waals surface area (Å²) in [6, 6.07) is 13.4. The molecule has 0 radical (unpaired) electrons. The van der Waals surface area contributed by atoms with E-state index in [0.29, 0.717) is 5.02 Å². The van der Waals surface area contributed by atoms with Gasteiger partial charge in [0.15, 0.2) is 0 Å². The number of hydrogen-bond donors (Lipinski definition) is 0. The predicted octanol–water partition coefficient (Wildman–Crippen LogP) is 3.73. The normalized spacial score (nSPS) is 10.5. The molecule has 0 amide bonds. The van der Waals surface area contributed by atoms with Crippen molar-refractivity contribution in [1.82, 2.24) is 9.38 Å². The van der Waals surface area contributed by atoms with Crippen molar-refractivity contribution in [2.75, 3.05) is 7.11 Å². The molecule has 3 aromatic rings. The van der Waals surface area contributed by atoms with E-state index in [2.05, 4.69) is 11.1 Å². The highest BCUT2D eigenvalue weighted by Crippen LogP contribution is 2.27. The molecule has 5 heteroatoms. The number of ether oxygens (including phenoxy) is 1. The number of fused-ring (bicyclic) bond motifs is 1. The highest BCUT2D eigenvalue weighted by atomic mass is 35.5. The number of nitriles is 1. The van der Waals surface area contributed by atoms with E-state index in [0.717, 1.165) is 28.3 Å². The Balaban J connectivity index is 2.20. The SMILES string of the molecule is COc1ccc(-c2nc3cc(Cl)ccn3c2CC#N)cc1. The van der Waals surface area contributed by atoms with Gasteiger partial charge in [0, 0.05) is 22.8 Å². The second-order valence-corrected chi connectivity index (χ2v) is 4.98. The van der Waals surface area contributed by atoms with Crippen LogP contribution in [-0.4, -0.2) is 16.5 Å². The fraction of sp³-hybridized carbons (Fsp3) is 0.125. The molecule has 2 aromatic heterocycles. The van der Waals surface area contributed by atoms with Crippen molar-refractivity contribution in [2.24, 2.45) is 0 Å². The molecule has 3 rings (SSSR count). The van der Waals surface area contributed by atoms with Crippen LogP contribution in [0.15, 0.2) is 42.6 Å².